The Morgan fingerprint density at radius 2 is 1.83 bits per heavy atom. The lowest BCUT2D eigenvalue weighted by atomic mass is 9.44. The average Bonchev–Trinajstić information content (AvgIpc) is 3.26. The van der Waals surface area contributed by atoms with Crippen molar-refractivity contribution >= 4 is 5.97 Å². The van der Waals surface area contributed by atoms with Gasteiger partial charge in [-0.2, -0.15) is 0 Å². The first-order valence-electron chi connectivity index (χ1n) is 14.6. The SMILES string of the molecule is CC(=O)OC1CCC2(C)C3CCC4(C)C(C(C)CCCC(C)C)CCC4C3CC3N([N+](=O)[O-])C32C1. The Kier molecular flexibility index (Phi) is 6.23. The van der Waals surface area contributed by atoms with Gasteiger partial charge in [0.2, 0.25) is 0 Å². The van der Waals surface area contributed by atoms with Crippen LogP contribution in [0.3, 0.4) is 0 Å². The molecule has 1 saturated heterocycles. The lowest BCUT2D eigenvalue weighted by Crippen LogP contribution is -2.59. The molecule has 4 saturated carbocycles. The van der Waals surface area contributed by atoms with Crippen LogP contribution >= 0.6 is 0 Å². The Bertz CT molecular complexity index is 862. The Balaban J connectivity index is 1.38. The van der Waals surface area contributed by atoms with Crippen LogP contribution in [0.5, 0.6) is 0 Å². The molecule has 0 aromatic carbocycles. The fourth-order valence-electron chi connectivity index (χ4n) is 10.7. The number of nitro groups is 1. The van der Waals surface area contributed by atoms with Crippen molar-refractivity contribution in [1.82, 2.24) is 5.01 Å². The summed E-state index contributed by atoms with van der Waals surface area (Å²) in [6.45, 7) is 13.6. The molecule has 0 radical (unpaired) electrons. The molecular formula is C29H48N2O4. The molecule has 5 aliphatic rings. The lowest BCUT2D eigenvalue weighted by molar-refractivity contribution is -0.631. The molecular weight excluding hydrogens is 440 g/mol. The van der Waals surface area contributed by atoms with Crippen LogP contribution in [0.4, 0.5) is 0 Å². The normalized spacial score (nSPS) is 46.8. The number of nitrogens with zero attached hydrogens (tertiary/aromatic N) is 2. The maximum absolute atomic E-state index is 12.3. The highest BCUT2D eigenvalue weighted by molar-refractivity contribution is 5.66. The van der Waals surface area contributed by atoms with Gasteiger partial charge in [0.05, 0.1) is 0 Å². The summed E-state index contributed by atoms with van der Waals surface area (Å²) >= 11 is 0. The highest BCUT2D eigenvalue weighted by atomic mass is 16.7. The second kappa shape index (κ2) is 8.62. The van der Waals surface area contributed by atoms with Crippen LogP contribution in [0.1, 0.15) is 112 Å². The van der Waals surface area contributed by atoms with E-state index >= 15 is 0 Å². The summed E-state index contributed by atoms with van der Waals surface area (Å²) in [5.74, 6) is 3.94. The standard InChI is InChI=1S/C29H48N2O4/c1-18(2)8-7-9-19(3)23-10-11-24-22-16-26-29(30(26)31(33)34)17-21(35-20(4)32)12-15-28(29,6)25(22)13-14-27(23,24)5/h18-19,21-26H,7-17H2,1-6H3. The number of hydrogen-bond donors (Lipinski definition) is 0. The topological polar surface area (TPSA) is 72.5 Å². The first kappa shape index (κ1) is 25.3. The van der Waals surface area contributed by atoms with Crippen molar-refractivity contribution in [3.8, 4) is 0 Å². The molecule has 0 N–H and O–H groups in total. The van der Waals surface area contributed by atoms with Crippen LogP contribution in [-0.4, -0.2) is 33.7 Å². The third-order valence-corrected chi connectivity index (χ3v) is 12.2. The predicted octanol–water partition coefficient (Wildman–Crippen LogP) is 6.65. The van der Waals surface area contributed by atoms with E-state index in [9.17, 15) is 14.9 Å². The van der Waals surface area contributed by atoms with Crippen molar-refractivity contribution < 1.29 is 14.6 Å². The van der Waals surface area contributed by atoms with Crippen LogP contribution < -0.4 is 0 Å². The van der Waals surface area contributed by atoms with Crippen LogP contribution in [0.15, 0.2) is 0 Å². The summed E-state index contributed by atoms with van der Waals surface area (Å²) in [5.41, 5.74) is -0.101. The molecule has 0 amide bonds. The molecule has 5 rings (SSSR count). The van der Waals surface area contributed by atoms with E-state index in [1.165, 1.54) is 51.9 Å². The van der Waals surface area contributed by atoms with E-state index in [1.807, 2.05) is 0 Å². The number of carbonyl (C=O) groups is 1. The van der Waals surface area contributed by atoms with E-state index in [0.717, 1.165) is 37.0 Å². The highest BCUT2D eigenvalue weighted by Crippen LogP contribution is 2.75. The fraction of sp³-hybridized carbons (Fsp3) is 0.966. The maximum atomic E-state index is 12.3. The van der Waals surface area contributed by atoms with Crippen molar-refractivity contribution in [2.75, 3.05) is 0 Å². The van der Waals surface area contributed by atoms with Crippen molar-refractivity contribution in [3.63, 3.8) is 0 Å². The molecule has 1 heterocycles. The van der Waals surface area contributed by atoms with Crippen LogP contribution in [0, 0.1) is 56.5 Å². The van der Waals surface area contributed by atoms with Crippen LogP contribution in [-0.2, 0) is 9.53 Å². The van der Waals surface area contributed by atoms with Gasteiger partial charge in [0.1, 0.15) is 17.7 Å². The summed E-state index contributed by atoms with van der Waals surface area (Å²) in [4.78, 5) is 23.9. The Morgan fingerprint density at radius 3 is 2.49 bits per heavy atom. The van der Waals surface area contributed by atoms with Gasteiger partial charge < -0.3 is 4.74 Å². The second-order valence-corrected chi connectivity index (χ2v) is 14.1. The van der Waals surface area contributed by atoms with Gasteiger partial charge in [-0.3, -0.25) is 4.79 Å². The third-order valence-electron chi connectivity index (χ3n) is 12.2. The first-order chi connectivity index (χ1) is 16.5. The van der Waals surface area contributed by atoms with E-state index in [2.05, 4.69) is 34.6 Å². The average molecular weight is 489 g/mol. The van der Waals surface area contributed by atoms with Crippen LogP contribution in [0.25, 0.3) is 0 Å². The summed E-state index contributed by atoms with van der Waals surface area (Å²) in [6, 6.07) is 0.00646. The maximum Gasteiger partial charge on any atom is 0.302 e. The number of fused-ring (bicyclic) bond motifs is 4. The van der Waals surface area contributed by atoms with Gasteiger partial charge >= 0.3 is 5.97 Å². The fourth-order valence-corrected chi connectivity index (χ4v) is 10.7. The summed E-state index contributed by atoms with van der Waals surface area (Å²) in [7, 11) is 0. The lowest BCUT2D eigenvalue weighted by Gasteiger charge is -2.59. The largest absolute Gasteiger partial charge is 0.462 e. The number of carbonyl (C=O) groups excluding carboxylic acids is 1. The molecule has 5 fully saturated rings. The van der Waals surface area contributed by atoms with Crippen molar-refractivity contribution in [2.24, 2.45) is 46.3 Å². The van der Waals surface area contributed by atoms with E-state index in [-0.39, 0.29) is 28.6 Å². The molecule has 4 aliphatic carbocycles. The molecule has 198 valence electrons. The van der Waals surface area contributed by atoms with Gasteiger partial charge in [0.15, 0.2) is 5.03 Å². The Hall–Kier alpha value is -1.33. The van der Waals surface area contributed by atoms with E-state index in [1.54, 1.807) is 5.01 Å². The molecule has 1 aliphatic heterocycles. The van der Waals surface area contributed by atoms with Crippen LogP contribution in [0.2, 0.25) is 0 Å². The summed E-state index contributed by atoms with van der Waals surface area (Å²) in [5, 5.41) is 13.7. The van der Waals surface area contributed by atoms with E-state index < -0.39 is 5.54 Å². The smallest absolute Gasteiger partial charge is 0.302 e. The van der Waals surface area contributed by atoms with Gasteiger partial charge in [-0.15, -0.1) is 5.01 Å². The molecule has 0 bridgehead atoms. The quantitative estimate of drug-likeness (QED) is 0.174. The zero-order valence-electron chi connectivity index (χ0n) is 22.9. The number of esters is 1. The number of ether oxygens (including phenoxy) is 1. The molecule has 6 heteroatoms. The monoisotopic (exact) mass is 488 g/mol. The molecule has 35 heavy (non-hydrogen) atoms. The van der Waals surface area contributed by atoms with Crippen molar-refractivity contribution in [2.45, 2.75) is 130 Å². The van der Waals surface area contributed by atoms with Gasteiger partial charge in [-0.05, 0) is 85.9 Å². The zero-order chi connectivity index (χ0) is 25.3. The first-order valence-corrected chi connectivity index (χ1v) is 14.6. The molecule has 6 nitrogen and oxygen atoms in total. The second-order valence-electron chi connectivity index (χ2n) is 14.1. The van der Waals surface area contributed by atoms with Crippen molar-refractivity contribution in [1.29, 1.82) is 0 Å². The number of rotatable bonds is 7. The summed E-state index contributed by atoms with van der Waals surface area (Å²) in [6.07, 6.45) is 12.3. The van der Waals surface area contributed by atoms with E-state index in [4.69, 9.17) is 4.74 Å². The molecule has 0 aromatic rings. The van der Waals surface area contributed by atoms with Crippen molar-refractivity contribution in [3.05, 3.63) is 10.1 Å². The predicted molar refractivity (Wildman–Crippen MR) is 136 cm³/mol. The minimum Gasteiger partial charge on any atom is -0.462 e. The zero-order valence-corrected chi connectivity index (χ0v) is 22.9. The minimum absolute atomic E-state index is 0.00646. The number of hydrazine groups is 1. The molecule has 10 unspecified atom stereocenters. The molecule has 10 atom stereocenters. The molecule has 1 spiro atoms. The minimum atomic E-state index is -0.425. The number of hydrogen-bond acceptors (Lipinski definition) is 4. The van der Waals surface area contributed by atoms with Gasteiger partial charge in [0, 0.05) is 18.8 Å². The summed E-state index contributed by atoms with van der Waals surface area (Å²) < 4.78 is 5.63. The van der Waals surface area contributed by atoms with Gasteiger partial charge in [-0.25, -0.2) is 10.1 Å². The van der Waals surface area contributed by atoms with Gasteiger partial charge in [0.25, 0.3) is 0 Å². The Labute approximate surface area is 212 Å². The highest BCUT2D eigenvalue weighted by Gasteiger charge is 2.84. The Morgan fingerprint density at radius 1 is 1.09 bits per heavy atom. The van der Waals surface area contributed by atoms with Gasteiger partial charge in [-0.1, -0.05) is 53.9 Å². The van der Waals surface area contributed by atoms with E-state index in [0.29, 0.717) is 29.6 Å². The molecule has 0 aromatic heterocycles. The third kappa shape index (κ3) is 3.66.